The number of aromatic nitrogens is 2. The highest BCUT2D eigenvalue weighted by Gasteiger charge is 2.33. The topological polar surface area (TPSA) is 76.4 Å². The van der Waals surface area contributed by atoms with Gasteiger partial charge in [0.05, 0.1) is 34.1 Å². The van der Waals surface area contributed by atoms with Crippen LogP contribution in [0.4, 0.5) is 0 Å². The van der Waals surface area contributed by atoms with Crippen LogP contribution >= 0.6 is 22.9 Å². The van der Waals surface area contributed by atoms with Crippen molar-refractivity contribution in [3.8, 4) is 11.3 Å². The first-order valence-electron chi connectivity index (χ1n) is 13.0. The quantitative estimate of drug-likeness (QED) is 0.268. The Morgan fingerprint density at radius 2 is 1.82 bits per heavy atom. The van der Waals surface area contributed by atoms with E-state index in [0.29, 0.717) is 25.6 Å². The molecule has 1 aliphatic rings. The van der Waals surface area contributed by atoms with E-state index in [0.717, 1.165) is 38.9 Å². The van der Waals surface area contributed by atoms with Crippen LogP contribution in [0.15, 0.2) is 93.9 Å². The van der Waals surface area contributed by atoms with Crippen molar-refractivity contribution in [1.29, 1.82) is 0 Å². The Balaban J connectivity index is 1.62. The molecule has 200 valence electrons. The van der Waals surface area contributed by atoms with Crippen LogP contribution in [0.1, 0.15) is 36.6 Å². The van der Waals surface area contributed by atoms with Crippen LogP contribution in [0.3, 0.4) is 0 Å². The average molecular weight is 568 g/mol. The monoisotopic (exact) mass is 567 g/mol. The van der Waals surface area contributed by atoms with Gasteiger partial charge in [0.2, 0.25) is 0 Å². The summed E-state index contributed by atoms with van der Waals surface area (Å²) in [6.45, 7) is 5.82. The van der Waals surface area contributed by atoms with Crippen molar-refractivity contribution < 1.29 is 9.53 Å². The smallest absolute Gasteiger partial charge is 0.338 e. The zero-order chi connectivity index (χ0) is 28.0. The molecule has 0 bridgehead atoms. The number of hydrogen-bond acceptors (Lipinski definition) is 5. The molecule has 0 unspecified atom stereocenters. The average Bonchev–Trinajstić information content (AvgIpc) is 3.47. The number of halogens is 1. The lowest BCUT2D eigenvalue weighted by atomic mass is 9.96. The standard InChI is InChI=1S/C32H26ClN3O3S/c1-4-39-31(38)26-19(3)34-32-36(29(26)21-13-15-22(33)16-14-21)30(37)25(40-32)17-24-23-12-8-9-18(2)27(23)35-28(24)20-10-6-5-7-11-20/h5-17,29,35H,4H2,1-3H3/b25-17+/t29-/m1/s1. The molecule has 0 radical (unpaired) electrons. The highest BCUT2D eigenvalue weighted by Crippen LogP contribution is 2.33. The Bertz CT molecular complexity index is 1980. The summed E-state index contributed by atoms with van der Waals surface area (Å²) in [5, 5.41) is 1.60. The minimum absolute atomic E-state index is 0.218. The lowest BCUT2D eigenvalue weighted by Crippen LogP contribution is -2.39. The van der Waals surface area contributed by atoms with Crippen LogP contribution in [-0.4, -0.2) is 22.1 Å². The van der Waals surface area contributed by atoms with Gasteiger partial charge >= 0.3 is 5.97 Å². The summed E-state index contributed by atoms with van der Waals surface area (Å²) in [6.07, 6.45) is 1.94. The van der Waals surface area contributed by atoms with E-state index in [2.05, 4.69) is 36.2 Å². The van der Waals surface area contributed by atoms with E-state index in [1.54, 1.807) is 30.5 Å². The maximum atomic E-state index is 14.1. The number of para-hydroxylation sites is 1. The molecule has 0 saturated carbocycles. The fraction of sp³-hybridized carbons (Fsp3) is 0.156. The first-order valence-corrected chi connectivity index (χ1v) is 14.2. The fourth-order valence-electron chi connectivity index (χ4n) is 5.25. The van der Waals surface area contributed by atoms with Gasteiger partial charge in [-0.25, -0.2) is 9.79 Å². The molecule has 0 spiro atoms. The number of rotatable bonds is 5. The van der Waals surface area contributed by atoms with E-state index in [4.69, 9.17) is 21.3 Å². The second kappa shape index (κ2) is 10.4. The van der Waals surface area contributed by atoms with Crippen LogP contribution in [0.2, 0.25) is 5.02 Å². The summed E-state index contributed by atoms with van der Waals surface area (Å²) in [4.78, 5) is 36.1. The second-order valence-corrected chi connectivity index (χ2v) is 11.1. The van der Waals surface area contributed by atoms with Crippen LogP contribution < -0.4 is 14.9 Å². The molecule has 0 fully saturated rings. The molecule has 2 aromatic heterocycles. The van der Waals surface area contributed by atoms with Crippen molar-refractivity contribution in [2.45, 2.75) is 26.8 Å². The van der Waals surface area contributed by atoms with Crippen molar-refractivity contribution in [2.24, 2.45) is 4.99 Å². The largest absolute Gasteiger partial charge is 0.463 e. The van der Waals surface area contributed by atoms with Gasteiger partial charge in [-0.15, -0.1) is 0 Å². The number of thiazole rings is 1. The maximum Gasteiger partial charge on any atom is 0.338 e. The van der Waals surface area contributed by atoms with Gasteiger partial charge in [0.25, 0.3) is 5.56 Å². The van der Waals surface area contributed by atoms with Gasteiger partial charge in [0.1, 0.15) is 0 Å². The van der Waals surface area contributed by atoms with Crippen LogP contribution in [0.25, 0.3) is 28.2 Å². The first kappa shape index (κ1) is 26.0. The lowest BCUT2D eigenvalue weighted by molar-refractivity contribution is -0.139. The molecule has 8 heteroatoms. The van der Waals surface area contributed by atoms with E-state index in [-0.39, 0.29) is 12.2 Å². The summed E-state index contributed by atoms with van der Waals surface area (Å²) in [7, 11) is 0. The fourth-order valence-corrected chi connectivity index (χ4v) is 6.40. The molecule has 5 aromatic rings. The van der Waals surface area contributed by atoms with Gasteiger partial charge < -0.3 is 9.72 Å². The summed E-state index contributed by atoms with van der Waals surface area (Å²) in [5.41, 5.74) is 6.44. The van der Waals surface area contributed by atoms with Gasteiger partial charge in [0, 0.05) is 21.5 Å². The molecule has 0 aliphatic carbocycles. The van der Waals surface area contributed by atoms with Gasteiger partial charge in [-0.3, -0.25) is 9.36 Å². The lowest BCUT2D eigenvalue weighted by Gasteiger charge is -2.24. The molecule has 6 rings (SSSR count). The summed E-state index contributed by atoms with van der Waals surface area (Å²) in [5.74, 6) is -0.489. The number of aryl methyl sites for hydroxylation is 1. The first-order chi connectivity index (χ1) is 19.4. The molecular weight excluding hydrogens is 542 g/mol. The number of aromatic amines is 1. The summed E-state index contributed by atoms with van der Waals surface area (Å²) in [6, 6.07) is 22.7. The van der Waals surface area contributed by atoms with Gasteiger partial charge in [-0.2, -0.15) is 0 Å². The molecule has 1 atom stereocenters. The third-order valence-electron chi connectivity index (χ3n) is 7.12. The number of nitrogens with one attached hydrogen (secondary N) is 1. The Labute approximate surface area is 239 Å². The van der Waals surface area contributed by atoms with Gasteiger partial charge in [0.15, 0.2) is 4.80 Å². The van der Waals surface area contributed by atoms with Gasteiger partial charge in [-0.05, 0) is 55.7 Å². The Hall–Kier alpha value is -4.20. The van der Waals surface area contributed by atoms with E-state index in [9.17, 15) is 9.59 Å². The minimum Gasteiger partial charge on any atom is -0.463 e. The number of nitrogens with zero attached hydrogens (tertiary/aromatic N) is 2. The molecule has 3 aromatic carbocycles. The number of fused-ring (bicyclic) bond motifs is 2. The summed E-state index contributed by atoms with van der Waals surface area (Å²) >= 11 is 7.48. The number of ether oxygens (including phenoxy) is 1. The van der Waals surface area contributed by atoms with Crippen LogP contribution in [0, 0.1) is 6.92 Å². The molecular formula is C32H26ClN3O3S. The van der Waals surface area contributed by atoms with Crippen molar-refractivity contribution in [2.75, 3.05) is 6.61 Å². The molecule has 0 amide bonds. The Kier molecular flexibility index (Phi) is 6.78. The third kappa shape index (κ3) is 4.41. The van der Waals surface area contributed by atoms with Crippen LogP contribution in [0.5, 0.6) is 0 Å². The highest BCUT2D eigenvalue weighted by molar-refractivity contribution is 7.07. The van der Waals surface area contributed by atoms with Crippen LogP contribution in [-0.2, 0) is 9.53 Å². The molecule has 3 heterocycles. The molecule has 1 N–H and O–H groups in total. The number of benzene rings is 3. The molecule has 40 heavy (non-hydrogen) atoms. The van der Waals surface area contributed by atoms with Crippen molar-refractivity contribution in [1.82, 2.24) is 9.55 Å². The van der Waals surface area contributed by atoms with E-state index in [1.165, 1.54) is 11.3 Å². The predicted molar refractivity (Wildman–Crippen MR) is 160 cm³/mol. The molecule has 0 saturated heterocycles. The van der Waals surface area contributed by atoms with E-state index in [1.807, 2.05) is 42.5 Å². The number of allylic oxidation sites excluding steroid dienone is 1. The number of H-pyrrole nitrogens is 1. The number of carbonyl (C=O) groups excluding carboxylic acids is 1. The number of hydrogen-bond donors (Lipinski definition) is 1. The molecule has 6 nitrogen and oxygen atoms in total. The van der Waals surface area contributed by atoms with Crippen molar-refractivity contribution in [3.63, 3.8) is 0 Å². The SMILES string of the molecule is CCOC(=O)C1=C(C)N=c2s/c(=C/c3c(-c4ccccc4)[nH]c4c(C)cccc34)c(=O)n2[C@@H]1c1ccc(Cl)cc1. The third-order valence-corrected chi connectivity index (χ3v) is 8.36. The van der Waals surface area contributed by atoms with E-state index < -0.39 is 12.0 Å². The second-order valence-electron chi connectivity index (χ2n) is 9.63. The van der Waals surface area contributed by atoms with E-state index >= 15 is 0 Å². The predicted octanol–water partition coefficient (Wildman–Crippen LogP) is 5.91. The maximum absolute atomic E-state index is 14.1. The number of esters is 1. The minimum atomic E-state index is -0.687. The number of carbonyl (C=O) groups is 1. The van der Waals surface area contributed by atoms with Crippen molar-refractivity contribution in [3.05, 3.63) is 125 Å². The highest BCUT2D eigenvalue weighted by atomic mass is 35.5. The zero-order valence-corrected chi connectivity index (χ0v) is 23.8. The van der Waals surface area contributed by atoms with Gasteiger partial charge in [-0.1, -0.05) is 83.6 Å². The molecule has 1 aliphatic heterocycles. The zero-order valence-electron chi connectivity index (χ0n) is 22.2. The Morgan fingerprint density at radius 3 is 2.55 bits per heavy atom. The normalized spacial score (nSPS) is 15.3. The summed E-state index contributed by atoms with van der Waals surface area (Å²) < 4.78 is 7.51. The van der Waals surface area contributed by atoms with Crippen molar-refractivity contribution >= 4 is 45.9 Å². The Morgan fingerprint density at radius 1 is 1.07 bits per heavy atom.